The Morgan fingerprint density at radius 2 is 1.59 bits per heavy atom. The highest BCUT2D eigenvalue weighted by Gasteiger charge is 2.28. The average Bonchev–Trinajstić information content (AvgIpc) is 2.32. The average molecular weight is 230 g/mol. The summed E-state index contributed by atoms with van der Waals surface area (Å²) in [5.74, 6) is 0.480. The van der Waals surface area contributed by atoms with Crippen LogP contribution in [0.25, 0.3) is 0 Å². The summed E-state index contributed by atoms with van der Waals surface area (Å²) in [4.78, 5) is 11.8. The molecule has 0 saturated heterocycles. The second-order valence-electron chi connectivity index (χ2n) is 5.45. The van der Waals surface area contributed by atoms with Crippen molar-refractivity contribution in [1.82, 2.24) is 0 Å². The Balaban J connectivity index is 2.73. The maximum absolute atomic E-state index is 11.8. The number of hydrogen-bond donors (Lipinski definition) is 0. The third kappa shape index (κ3) is 1.82. The normalized spacial score (nSPS) is 19.0. The molecule has 1 nitrogen and oxygen atoms in total. The molecule has 17 heavy (non-hydrogen) atoms. The van der Waals surface area contributed by atoms with Gasteiger partial charge in [-0.25, -0.2) is 0 Å². The Morgan fingerprint density at radius 3 is 2.18 bits per heavy atom. The molecule has 1 aromatic rings. The first-order chi connectivity index (χ1) is 7.95. The van der Waals surface area contributed by atoms with Crippen LogP contribution in [0.2, 0.25) is 0 Å². The quantitative estimate of drug-likeness (QED) is 0.714. The molecular weight excluding hydrogens is 208 g/mol. The van der Waals surface area contributed by atoms with Crippen molar-refractivity contribution in [3.8, 4) is 0 Å². The van der Waals surface area contributed by atoms with Crippen LogP contribution >= 0.6 is 0 Å². The molecule has 0 aliphatic heterocycles. The molecule has 0 spiro atoms. The van der Waals surface area contributed by atoms with Crippen molar-refractivity contribution in [3.63, 3.8) is 0 Å². The van der Waals surface area contributed by atoms with E-state index in [1.54, 1.807) is 6.92 Å². The predicted molar refractivity (Wildman–Crippen MR) is 71.8 cm³/mol. The molecule has 0 heterocycles. The zero-order valence-corrected chi connectivity index (χ0v) is 11.6. The van der Waals surface area contributed by atoms with Crippen LogP contribution in [0.15, 0.2) is 0 Å². The second kappa shape index (κ2) is 4.29. The van der Waals surface area contributed by atoms with Crippen molar-refractivity contribution in [2.24, 2.45) is 0 Å². The first-order valence-electron chi connectivity index (χ1n) is 6.54. The Labute approximate surface area is 104 Å². The topological polar surface area (TPSA) is 17.1 Å². The molecule has 1 atom stereocenters. The van der Waals surface area contributed by atoms with Crippen molar-refractivity contribution in [2.75, 3.05) is 0 Å². The van der Waals surface area contributed by atoms with E-state index in [0.29, 0.717) is 5.78 Å². The molecule has 0 radical (unpaired) electrons. The molecule has 1 unspecified atom stereocenters. The Kier molecular flexibility index (Phi) is 3.11. The third-order valence-electron chi connectivity index (χ3n) is 4.63. The van der Waals surface area contributed by atoms with Crippen LogP contribution in [0.1, 0.15) is 59.1 Å². The molecule has 0 bridgehead atoms. The van der Waals surface area contributed by atoms with Crippen LogP contribution in [0.4, 0.5) is 0 Å². The number of Topliss-reactive ketones (excluding diaryl/α,β-unsaturated/α-hetero) is 1. The van der Waals surface area contributed by atoms with E-state index in [1.165, 1.54) is 33.4 Å². The number of rotatable bonds is 1. The highest BCUT2D eigenvalue weighted by Crippen LogP contribution is 2.39. The number of carbonyl (C=O) groups is 1. The fourth-order valence-corrected chi connectivity index (χ4v) is 3.25. The number of hydrogen-bond acceptors (Lipinski definition) is 1. The lowest BCUT2D eigenvalue weighted by Crippen LogP contribution is -2.20. The highest BCUT2D eigenvalue weighted by molar-refractivity contribution is 5.85. The lowest BCUT2D eigenvalue weighted by Gasteiger charge is -2.29. The van der Waals surface area contributed by atoms with Crippen LogP contribution in [0, 0.1) is 27.7 Å². The maximum Gasteiger partial charge on any atom is 0.137 e. The molecule has 0 N–H and O–H groups in total. The summed E-state index contributed by atoms with van der Waals surface area (Å²) in [6.45, 7) is 10.5. The minimum absolute atomic E-state index is 0.150. The Hall–Kier alpha value is -1.11. The Morgan fingerprint density at radius 1 is 1.00 bits per heavy atom. The molecule has 0 saturated carbocycles. The smallest absolute Gasteiger partial charge is 0.137 e. The van der Waals surface area contributed by atoms with Crippen LogP contribution < -0.4 is 0 Å². The van der Waals surface area contributed by atoms with E-state index in [1.807, 2.05) is 0 Å². The summed E-state index contributed by atoms with van der Waals surface area (Å²) in [6.07, 6.45) is 3.33. The summed E-state index contributed by atoms with van der Waals surface area (Å²) >= 11 is 0. The summed E-state index contributed by atoms with van der Waals surface area (Å²) in [5.41, 5.74) is 8.35. The molecule has 1 aliphatic carbocycles. The van der Waals surface area contributed by atoms with Crippen LogP contribution in [0.5, 0.6) is 0 Å². The van der Waals surface area contributed by atoms with Gasteiger partial charge in [0.25, 0.3) is 0 Å². The van der Waals surface area contributed by atoms with E-state index >= 15 is 0 Å². The SMILES string of the molecule is CC(=O)C1CCCc2c(C)c(C)c(C)c(C)c21. The van der Waals surface area contributed by atoms with Crippen molar-refractivity contribution < 1.29 is 4.79 Å². The summed E-state index contributed by atoms with van der Waals surface area (Å²) < 4.78 is 0. The highest BCUT2D eigenvalue weighted by atomic mass is 16.1. The van der Waals surface area contributed by atoms with Gasteiger partial charge in [-0.2, -0.15) is 0 Å². The summed E-state index contributed by atoms with van der Waals surface area (Å²) in [5, 5.41) is 0. The predicted octanol–water partition coefficient (Wildman–Crippen LogP) is 3.93. The summed E-state index contributed by atoms with van der Waals surface area (Å²) in [7, 11) is 0. The zero-order valence-electron chi connectivity index (χ0n) is 11.6. The largest absolute Gasteiger partial charge is 0.299 e. The number of fused-ring (bicyclic) bond motifs is 1. The first kappa shape index (κ1) is 12.3. The molecule has 2 rings (SSSR count). The second-order valence-corrected chi connectivity index (χ2v) is 5.45. The number of benzene rings is 1. The molecule has 0 fully saturated rings. The molecule has 1 aliphatic rings. The molecule has 1 aromatic carbocycles. The number of ketones is 1. The van der Waals surface area contributed by atoms with Gasteiger partial charge in [0.15, 0.2) is 0 Å². The van der Waals surface area contributed by atoms with Crippen molar-refractivity contribution in [2.45, 2.75) is 59.8 Å². The van der Waals surface area contributed by atoms with Crippen LogP contribution in [-0.4, -0.2) is 5.78 Å². The fraction of sp³-hybridized carbons (Fsp3) is 0.562. The van der Waals surface area contributed by atoms with Crippen LogP contribution in [-0.2, 0) is 11.2 Å². The molecule has 0 aromatic heterocycles. The lowest BCUT2D eigenvalue weighted by molar-refractivity contribution is -0.118. The van der Waals surface area contributed by atoms with Gasteiger partial charge in [0.05, 0.1) is 0 Å². The zero-order chi connectivity index (χ0) is 12.7. The molecular formula is C16H22O. The monoisotopic (exact) mass is 230 g/mol. The maximum atomic E-state index is 11.8. The van der Waals surface area contributed by atoms with Gasteiger partial charge in [-0.15, -0.1) is 0 Å². The van der Waals surface area contributed by atoms with Gasteiger partial charge in [0, 0.05) is 5.92 Å². The molecule has 1 heteroatoms. The fourth-order valence-electron chi connectivity index (χ4n) is 3.25. The third-order valence-corrected chi connectivity index (χ3v) is 4.63. The van der Waals surface area contributed by atoms with Gasteiger partial charge in [0.2, 0.25) is 0 Å². The van der Waals surface area contributed by atoms with E-state index in [4.69, 9.17) is 0 Å². The van der Waals surface area contributed by atoms with E-state index in [0.717, 1.165) is 19.3 Å². The van der Waals surface area contributed by atoms with Gasteiger partial charge < -0.3 is 0 Å². The van der Waals surface area contributed by atoms with E-state index in [2.05, 4.69) is 27.7 Å². The standard InChI is InChI=1S/C16H22O/c1-9-10(2)12(4)16-14(11(9)3)7-6-8-15(16)13(5)17/h15H,6-8H2,1-5H3. The minimum atomic E-state index is 0.150. The molecule has 0 amide bonds. The van der Waals surface area contributed by atoms with E-state index in [9.17, 15) is 4.79 Å². The Bertz CT molecular complexity index is 483. The van der Waals surface area contributed by atoms with Gasteiger partial charge in [-0.05, 0) is 87.3 Å². The van der Waals surface area contributed by atoms with Crippen molar-refractivity contribution >= 4 is 5.78 Å². The minimum Gasteiger partial charge on any atom is -0.299 e. The van der Waals surface area contributed by atoms with Crippen molar-refractivity contribution in [1.29, 1.82) is 0 Å². The first-order valence-corrected chi connectivity index (χ1v) is 6.54. The molecule has 92 valence electrons. The van der Waals surface area contributed by atoms with Crippen molar-refractivity contribution in [3.05, 3.63) is 33.4 Å². The van der Waals surface area contributed by atoms with Gasteiger partial charge in [0.1, 0.15) is 5.78 Å². The van der Waals surface area contributed by atoms with E-state index < -0.39 is 0 Å². The lowest BCUT2D eigenvalue weighted by atomic mass is 9.74. The van der Waals surface area contributed by atoms with Gasteiger partial charge in [-0.1, -0.05) is 0 Å². The van der Waals surface area contributed by atoms with Crippen LogP contribution in [0.3, 0.4) is 0 Å². The van der Waals surface area contributed by atoms with Gasteiger partial charge >= 0.3 is 0 Å². The number of carbonyl (C=O) groups excluding carboxylic acids is 1. The van der Waals surface area contributed by atoms with Gasteiger partial charge in [-0.3, -0.25) is 4.79 Å². The summed E-state index contributed by atoms with van der Waals surface area (Å²) in [6, 6.07) is 0. The van der Waals surface area contributed by atoms with E-state index in [-0.39, 0.29) is 5.92 Å².